The molecule has 0 spiro atoms. The molecule has 0 aliphatic carbocycles. The van der Waals surface area contributed by atoms with Crippen molar-refractivity contribution in [3.63, 3.8) is 0 Å². The molecular formula is C17H20N2O5. The van der Waals surface area contributed by atoms with Gasteiger partial charge in [0.15, 0.2) is 6.29 Å². The van der Waals surface area contributed by atoms with Gasteiger partial charge < -0.3 is 23.7 Å². The molecule has 24 heavy (non-hydrogen) atoms. The smallest absolute Gasteiger partial charge is 0.254 e. The first-order valence-corrected chi connectivity index (χ1v) is 7.67. The Morgan fingerprint density at radius 3 is 2.62 bits per heavy atom. The van der Waals surface area contributed by atoms with E-state index in [1.165, 1.54) is 11.0 Å². The van der Waals surface area contributed by atoms with Crippen molar-refractivity contribution in [1.29, 1.82) is 0 Å². The van der Waals surface area contributed by atoms with Crippen LogP contribution in [0, 0.1) is 0 Å². The molecule has 1 fully saturated rings. The summed E-state index contributed by atoms with van der Waals surface area (Å²) in [5.74, 6) is 0.390. The topological polar surface area (TPSA) is 70.0 Å². The van der Waals surface area contributed by atoms with Gasteiger partial charge in [-0.05, 0) is 12.1 Å². The number of hydrogen-bond acceptors (Lipinski definition) is 5. The summed E-state index contributed by atoms with van der Waals surface area (Å²) in [5, 5.41) is 0.687. The van der Waals surface area contributed by atoms with E-state index in [4.69, 9.17) is 14.2 Å². The third kappa shape index (κ3) is 3.00. The number of fused-ring (bicyclic) bond motifs is 1. The van der Waals surface area contributed by atoms with Crippen LogP contribution < -0.4 is 10.3 Å². The summed E-state index contributed by atoms with van der Waals surface area (Å²) in [4.78, 5) is 26.5. The van der Waals surface area contributed by atoms with Gasteiger partial charge >= 0.3 is 0 Å². The molecule has 0 radical (unpaired) electrons. The molecular weight excluding hydrogens is 312 g/mol. The van der Waals surface area contributed by atoms with Crippen LogP contribution in [0.1, 0.15) is 10.4 Å². The lowest BCUT2D eigenvalue weighted by molar-refractivity contribution is -0.0522. The van der Waals surface area contributed by atoms with Crippen molar-refractivity contribution in [2.24, 2.45) is 0 Å². The Morgan fingerprint density at radius 1 is 1.29 bits per heavy atom. The Hall–Kier alpha value is -2.38. The average Bonchev–Trinajstić information content (AvgIpc) is 3.09. The minimum atomic E-state index is -0.465. The van der Waals surface area contributed by atoms with Gasteiger partial charge in [0.1, 0.15) is 5.75 Å². The summed E-state index contributed by atoms with van der Waals surface area (Å²) in [6.07, 6.45) is -0.465. The molecule has 7 heteroatoms. The van der Waals surface area contributed by atoms with Gasteiger partial charge in [-0.1, -0.05) is 0 Å². The molecule has 0 N–H and O–H groups in total. The van der Waals surface area contributed by atoms with Crippen molar-refractivity contribution in [2.45, 2.75) is 12.8 Å². The summed E-state index contributed by atoms with van der Waals surface area (Å²) in [7, 11) is 4.87. The number of nitrogens with zero attached hydrogens (tertiary/aromatic N) is 2. The first-order valence-electron chi connectivity index (χ1n) is 7.67. The molecule has 7 nitrogen and oxygen atoms in total. The zero-order valence-electron chi connectivity index (χ0n) is 13.9. The predicted molar refractivity (Wildman–Crippen MR) is 88.5 cm³/mol. The molecule has 1 aromatic heterocycles. The van der Waals surface area contributed by atoms with E-state index in [1.54, 1.807) is 44.0 Å². The van der Waals surface area contributed by atoms with E-state index < -0.39 is 6.29 Å². The molecule has 0 bridgehead atoms. The Labute approximate surface area is 139 Å². The first-order chi connectivity index (χ1) is 11.5. The van der Waals surface area contributed by atoms with Crippen molar-refractivity contribution in [3.05, 3.63) is 40.2 Å². The van der Waals surface area contributed by atoms with Crippen LogP contribution in [-0.4, -0.2) is 56.1 Å². The Bertz CT molecular complexity index is 822. The number of carbonyl (C=O) groups excluding carboxylic acids is 1. The molecule has 1 aliphatic heterocycles. The lowest BCUT2D eigenvalue weighted by atomic mass is 10.1. The third-order valence-electron chi connectivity index (χ3n) is 3.98. The zero-order valence-corrected chi connectivity index (χ0v) is 13.9. The van der Waals surface area contributed by atoms with Crippen molar-refractivity contribution in [2.75, 3.05) is 34.4 Å². The van der Waals surface area contributed by atoms with Gasteiger partial charge in [-0.2, -0.15) is 0 Å². The van der Waals surface area contributed by atoms with Crippen molar-refractivity contribution in [1.82, 2.24) is 9.47 Å². The number of methoxy groups -OCH3 is 1. The fourth-order valence-electron chi connectivity index (χ4n) is 2.76. The molecule has 2 heterocycles. The van der Waals surface area contributed by atoms with E-state index in [-0.39, 0.29) is 18.0 Å². The van der Waals surface area contributed by atoms with Gasteiger partial charge in [0.05, 0.1) is 37.9 Å². The van der Waals surface area contributed by atoms with Crippen molar-refractivity contribution in [3.8, 4) is 5.75 Å². The highest BCUT2D eigenvalue weighted by molar-refractivity contribution is 6.06. The van der Waals surface area contributed by atoms with E-state index in [2.05, 4.69) is 0 Å². The Morgan fingerprint density at radius 2 is 2.00 bits per heavy atom. The minimum absolute atomic E-state index is 0.220. The monoisotopic (exact) mass is 332 g/mol. The number of hydrogen-bond donors (Lipinski definition) is 0. The van der Waals surface area contributed by atoms with E-state index in [0.29, 0.717) is 35.4 Å². The number of carbonyl (C=O) groups is 1. The summed E-state index contributed by atoms with van der Waals surface area (Å²) in [5.41, 5.74) is 0.707. The van der Waals surface area contributed by atoms with Crippen LogP contribution in [0.5, 0.6) is 5.75 Å². The maximum Gasteiger partial charge on any atom is 0.254 e. The number of amides is 1. The molecule has 1 aromatic carbocycles. The van der Waals surface area contributed by atoms with Crippen LogP contribution in [0.3, 0.4) is 0 Å². The summed E-state index contributed by atoms with van der Waals surface area (Å²) >= 11 is 0. The second-order valence-electron chi connectivity index (χ2n) is 5.76. The fourth-order valence-corrected chi connectivity index (χ4v) is 2.76. The van der Waals surface area contributed by atoms with E-state index >= 15 is 0 Å². The molecule has 0 unspecified atom stereocenters. The van der Waals surface area contributed by atoms with E-state index in [9.17, 15) is 9.59 Å². The second kappa shape index (κ2) is 6.62. The van der Waals surface area contributed by atoms with E-state index in [1.807, 2.05) is 0 Å². The van der Waals surface area contributed by atoms with Gasteiger partial charge in [0.25, 0.3) is 11.5 Å². The predicted octanol–water partition coefficient (Wildman–Crippen LogP) is 1.08. The Kier molecular flexibility index (Phi) is 4.55. The molecule has 1 saturated heterocycles. The first kappa shape index (κ1) is 16.5. The second-order valence-corrected chi connectivity index (χ2v) is 5.76. The standard InChI is InChI=1S/C17H20N2O5/c1-18(2)17(21)13-9-15(20)19(10-16-23-6-7-24-16)14-8-11(22-3)4-5-12(13)14/h4-5,8-9,16H,6-7,10H2,1-3H3. The molecule has 3 rings (SSSR count). The van der Waals surface area contributed by atoms with Crippen LogP contribution in [-0.2, 0) is 16.0 Å². The maximum atomic E-state index is 12.6. The largest absolute Gasteiger partial charge is 0.497 e. The quantitative estimate of drug-likeness (QED) is 0.838. The summed E-state index contributed by atoms with van der Waals surface area (Å²) in [6.45, 7) is 1.29. The number of benzene rings is 1. The summed E-state index contributed by atoms with van der Waals surface area (Å²) < 4.78 is 17.7. The van der Waals surface area contributed by atoms with Gasteiger partial charge in [-0.3, -0.25) is 9.59 Å². The van der Waals surface area contributed by atoms with Crippen LogP contribution in [0.4, 0.5) is 0 Å². The van der Waals surface area contributed by atoms with Crippen molar-refractivity contribution < 1.29 is 19.0 Å². The van der Waals surface area contributed by atoms with Crippen molar-refractivity contribution >= 4 is 16.8 Å². The SMILES string of the molecule is COc1ccc2c(C(=O)N(C)C)cc(=O)n(CC3OCCO3)c2c1. The average molecular weight is 332 g/mol. The highest BCUT2D eigenvalue weighted by Crippen LogP contribution is 2.24. The summed E-state index contributed by atoms with van der Waals surface area (Å²) in [6, 6.07) is 6.67. The van der Waals surface area contributed by atoms with Gasteiger partial charge in [-0.25, -0.2) is 0 Å². The van der Waals surface area contributed by atoms with E-state index in [0.717, 1.165) is 0 Å². The Balaban J connectivity index is 2.19. The lowest BCUT2D eigenvalue weighted by Gasteiger charge is -2.18. The minimum Gasteiger partial charge on any atom is -0.497 e. The molecule has 2 aromatic rings. The normalized spacial score (nSPS) is 15.0. The molecule has 1 amide bonds. The van der Waals surface area contributed by atoms with Crippen LogP contribution in [0.25, 0.3) is 10.9 Å². The maximum absolute atomic E-state index is 12.6. The lowest BCUT2D eigenvalue weighted by Crippen LogP contribution is -2.30. The highest BCUT2D eigenvalue weighted by Gasteiger charge is 2.21. The number of rotatable bonds is 4. The number of pyridine rings is 1. The van der Waals surface area contributed by atoms with Gasteiger partial charge in [0.2, 0.25) is 0 Å². The molecule has 0 saturated carbocycles. The van der Waals surface area contributed by atoms with Crippen LogP contribution >= 0.6 is 0 Å². The molecule has 0 atom stereocenters. The highest BCUT2D eigenvalue weighted by atomic mass is 16.7. The van der Waals surface area contributed by atoms with Crippen LogP contribution in [0.15, 0.2) is 29.1 Å². The molecule has 128 valence electrons. The molecule has 1 aliphatic rings. The van der Waals surface area contributed by atoms with Gasteiger partial charge in [0, 0.05) is 31.6 Å². The fraction of sp³-hybridized carbons (Fsp3) is 0.412. The van der Waals surface area contributed by atoms with Gasteiger partial charge in [-0.15, -0.1) is 0 Å². The third-order valence-corrected chi connectivity index (χ3v) is 3.98. The van der Waals surface area contributed by atoms with Crippen LogP contribution in [0.2, 0.25) is 0 Å². The zero-order chi connectivity index (χ0) is 17.3. The number of ether oxygens (including phenoxy) is 3. The number of aromatic nitrogens is 1.